The van der Waals surface area contributed by atoms with Crippen LogP contribution in [0.5, 0.6) is 0 Å². The fourth-order valence-corrected chi connectivity index (χ4v) is 3.16. The predicted octanol–water partition coefficient (Wildman–Crippen LogP) is 2.70. The van der Waals surface area contributed by atoms with Gasteiger partial charge in [-0.3, -0.25) is 0 Å². The fourth-order valence-electron chi connectivity index (χ4n) is 2.87. The van der Waals surface area contributed by atoms with Gasteiger partial charge in [-0.05, 0) is 43.2 Å². The summed E-state index contributed by atoms with van der Waals surface area (Å²) in [5.74, 6) is 0.617. The SMILES string of the molecule is OC1CC(NC2CC(c3ccccc3Cl)C2)C1. The lowest BCUT2D eigenvalue weighted by Crippen LogP contribution is -2.52. The van der Waals surface area contributed by atoms with Crippen molar-refractivity contribution >= 4 is 11.6 Å². The van der Waals surface area contributed by atoms with Gasteiger partial charge in [-0.2, -0.15) is 0 Å². The largest absolute Gasteiger partial charge is 0.393 e. The van der Waals surface area contributed by atoms with Crippen LogP contribution in [0.2, 0.25) is 5.02 Å². The summed E-state index contributed by atoms with van der Waals surface area (Å²) < 4.78 is 0. The Bertz CT molecular complexity index is 397. The highest BCUT2D eigenvalue weighted by Gasteiger charge is 2.35. The lowest BCUT2D eigenvalue weighted by atomic mass is 9.74. The normalized spacial score (nSPS) is 36.1. The van der Waals surface area contributed by atoms with E-state index in [9.17, 15) is 5.11 Å². The molecule has 0 saturated heterocycles. The Labute approximate surface area is 107 Å². The van der Waals surface area contributed by atoms with E-state index in [0.29, 0.717) is 18.0 Å². The van der Waals surface area contributed by atoms with Gasteiger partial charge in [0.25, 0.3) is 0 Å². The molecule has 0 atom stereocenters. The Morgan fingerprint density at radius 2 is 1.71 bits per heavy atom. The second-order valence-corrected chi connectivity index (χ2v) is 5.78. The van der Waals surface area contributed by atoms with Crippen LogP contribution in [0.3, 0.4) is 0 Å². The minimum Gasteiger partial charge on any atom is -0.393 e. The average Bonchev–Trinajstić information content (AvgIpc) is 2.21. The molecule has 0 heterocycles. The van der Waals surface area contributed by atoms with Crippen LogP contribution in [0.25, 0.3) is 0 Å². The molecule has 0 bridgehead atoms. The number of aliphatic hydroxyl groups is 1. The summed E-state index contributed by atoms with van der Waals surface area (Å²) in [5.41, 5.74) is 1.29. The number of halogens is 1. The molecule has 1 aromatic carbocycles. The van der Waals surface area contributed by atoms with Crippen LogP contribution in [0.1, 0.15) is 37.2 Å². The number of hydrogen-bond acceptors (Lipinski definition) is 2. The smallest absolute Gasteiger partial charge is 0.0570 e. The van der Waals surface area contributed by atoms with Gasteiger partial charge in [-0.25, -0.2) is 0 Å². The van der Waals surface area contributed by atoms with Crippen molar-refractivity contribution in [3.63, 3.8) is 0 Å². The molecule has 0 radical (unpaired) electrons. The summed E-state index contributed by atoms with van der Waals surface area (Å²) in [4.78, 5) is 0. The highest BCUT2D eigenvalue weighted by atomic mass is 35.5. The van der Waals surface area contributed by atoms with E-state index in [1.165, 1.54) is 18.4 Å². The van der Waals surface area contributed by atoms with E-state index < -0.39 is 0 Å². The van der Waals surface area contributed by atoms with Crippen LogP contribution in [-0.4, -0.2) is 23.3 Å². The van der Waals surface area contributed by atoms with Crippen molar-refractivity contribution in [1.82, 2.24) is 5.32 Å². The van der Waals surface area contributed by atoms with Gasteiger partial charge in [0.05, 0.1) is 6.10 Å². The summed E-state index contributed by atoms with van der Waals surface area (Å²) >= 11 is 6.19. The van der Waals surface area contributed by atoms with E-state index in [-0.39, 0.29) is 6.10 Å². The third kappa shape index (κ3) is 2.35. The Morgan fingerprint density at radius 3 is 2.35 bits per heavy atom. The van der Waals surface area contributed by atoms with Crippen LogP contribution < -0.4 is 5.32 Å². The van der Waals surface area contributed by atoms with Crippen LogP contribution >= 0.6 is 11.6 Å². The quantitative estimate of drug-likeness (QED) is 0.866. The van der Waals surface area contributed by atoms with E-state index >= 15 is 0 Å². The molecule has 2 fully saturated rings. The van der Waals surface area contributed by atoms with Gasteiger partial charge in [0.15, 0.2) is 0 Å². The summed E-state index contributed by atoms with van der Waals surface area (Å²) in [7, 11) is 0. The lowest BCUT2D eigenvalue weighted by Gasteiger charge is -2.42. The van der Waals surface area contributed by atoms with Crippen molar-refractivity contribution in [2.24, 2.45) is 0 Å². The molecule has 2 aliphatic rings. The van der Waals surface area contributed by atoms with E-state index in [1.807, 2.05) is 12.1 Å². The molecule has 0 aromatic heterocycles. The highest BCUT2D eigenvalue weighted by molar-refractivity contribution is 6.31. The van der Waals surface area contributed by atoms with Crippen LogP contribution in [0.4, 0.5) is 0 Å². The summed E-state index contributed by atoms with van der Waals surface area (Å²) in [5, 5.41) is 13.7. The first-order valence-corrected chi connectivity index (χ1v) is 6.78. The van der Waals surface area contributed by atoms with Crippen molar-refractivity contribution in [2.75, 3.05) is 0 Å². The zero-order chi connectivity index (χ0) is 11.8. The number of benzene rings is 1. The van der Waals surface area contributed by atoms with Crippen LogP contribution in [0.15, 0.2) is 24.3 Å². The van der Waals surface area contributed by atoms with Gasteiger partial charge < -0.3 is 10.4 Å². The molecule has 2 aliphatic carbocycles. The Morgan fingerprint density at radius 1 is 1.06 bits per heavy atom. The van der Waals surface area contributed by atoms with Gasteiger partial charge in [-0.15, -0.1) is 0 Å². The molecule has 92 valence electrons. The van der Waals surface area contributed by atoms with Gasteiger partial charge in [0, 0.05) is 17.1 Å². The Kier molecular flexibility index (Phi) is 3.12. The van der Waals surface area contributed by atoms with Crippen LogP contribution in [-0.2, 0) is 0 Å². The van der Waals surface area contributed by atoms with Crippen molar-refractivity contribution in [3.8, 4) is 0 Å². The highest BCUT2D eigenvalue weighted by Crippen LogP contribution is 2.40. The molecule has 2 N–H and O–H groups in total. The zero-order valence-corrected chi connectivity index (χ0v) is 10.5. The van der Waals surface area contributed by atoms with E-state index in [4.69, 9.17) is 11.6 Å². The average molecular weight is 252 g/mol. The van der Waals surface area contributed by atoms with Gasteiger partial charge in [0.1, 0.15) is 0 Å². The minimum absolute atomic E-state index is 0.0630. The van der Waals surface area contributed by atoms with Crippen molar-refractivity contribution in [1.29, 1.82) is 0 Å². The lowest BCUT2D eigenvalue weighted by molar-refractivity contribution is 0.0506. The van der Waals surface area contributed by atoms with Crippen LogP contribution in [0, 0.1) is 0 Å². The monoisotopic (exact) mass is 251 g/mol. The molecule has 0 unspecified atom stereocenters. The third-order valence-corrected chi connectivity index (χ3v) is 4.41. The molecule has 2 saturated carbocycles. The zero-order valence-electron chi connectivity index (χ0n) is 9.77. The molecule has 2 nitrogen and oxygen atoms in total. The maximum absolute atomic E-state index is 9.23. The summed E-state index contributed by atoms with van der Waals surface area (Å²) in [6, 6.07) is 9.31. The Balaban J connectivity index is 1.50. The summed E-state index contributed by atoms with van der Waals surface area (Å²) in [6.07, 6.45) is 4.14. The second-order valence-electron chi connectivity index (χ2n) is 5.38. The summed E-state index contributed by atoms with van der Waals surface area (Å²) in [6.45, 7) is 0. The van der Waals surface area contributed by atoms with E-state index in [0.717, 1.165) is 17.9 Å². The molecule has 17 heavy (non-hydrogen) atoms. The first kappa shape index (κ1) is 11.5. The molecule has 1 aromatic rings. The maximum Gasteiger partial charge on any atom is 0.0570 e. The van der Waals surface area contributed by atoms with Crippen molar-refractivity contribution in [2.45, 2.75) is 49.8 Å². The number of rotatable bonds is 3. The van der Waals surface area contributed by atoms with E-state index in [2.05, 4.69) is 17.4 Å². The molecule has 0 aliphatic heterocycles. The second kappa shape index (κ2) is 4.60. The molecule has 3 heteroatoms. The standard InChI is InChI=1S/C14H18ClNO/c15-14-4-2-1-3-13(14)9-5-10(6-9)16-11-7-12(17)8-11/h1-4,9-12,16-17H,5-8H2. The molecule has 0 amide bonds. The first-order chi connectivity index (χ1) is 8.22. The first-order valence-electron chi connectivity index (χ1n) is 6.41. The minimum atomic E-state index is -0.0630. The number of aliphatic hydroxyl groups excluding tert-OH is 1. The topological polar surface area (TPSA) is 32.3 Å². The Hall–Kier alpha value is -0.570. The van der Waals surface area contributed by atoms with Gasteiger partial charge in [0.2, 0.25) is 0 Å². The number of nitrogens with one attached hydrogen (secondary N) is 1. The molecule has 3 rings (SSSR count). The fraction of sp³-hybridized carbons (Fsp3) is 0.571. The third-order valence-electron chi connectivity index (χ3n) is 4.07. The van der Waals surface area contributed by atoms with Crippen molar-refractivity contribution < 1.29 is 5.11 Å². The predicted molar refractivity (Wildman–Crippen MR) is 69.4 cm³/mol. The maximum atomic E-state index is 9.23. The van der Waals surface area contributed by atoms with E-state index in [1.54, 1.807) is 0 Å². The number of hydrogen-bond donors (Lipinski definition) is 2. The van der Waals surface area contributed by atoms with Gasteiger partial charge >= 0.3 is 0 Å². The molecular weight excluding hydrogens is 234 g/mol. The van der Waals surface area contributed by atoms with Gasteiger partial charge in [-0.1, -0.05) is 29.8 Å². The molecule has 0 spiro atoms. The van der Waals surface area contributed by atoms with Crippen molar-refractivity contribution in [3.05, 3.63) is 34.9 Å². The molecular formula is C14H18ClNO.